The van der Waals surface area contributed by atoms with Crippen molar-refractivity contribution in [1.82, 2.24) is 15.0 Å². The second kappa shape index (κ2) is 7.70. The van der Waals surface area contributed by atoms with E-state index in [1.54, 1.807) is 0 Å². The second-order valence-electron chi connectivity index (χ2n) is 4.05. The summed E-state index contributed by atoms with van der Waals surface area (Å²) in [6, 6.07) is 0.230. The number of rotatable bonds is 8. The molecule has 0 saturated carbocycles. The summed E-state index contributed by atoms with van der Waals surface area (Å²) >= 11 is 1.48. The van der Waals surface area contributed by atoms with Gasteiger partial charge in [-0.1, -0.05) is 44.0 Å². The number of nitrogens with zero attached hydrogens (tertiary/aromatic N) is 2. The van der Waals surface area contributed by atoms with Crippen molar-refractivity contribution in [3.63, 3.8) is 0 Å². The average Bonchev–Trinajstić information content (AvgIpc) is 2.73. The molecule has 1 atom stereocenters. The molecular formula is C11H22N4S. The first-order chi connectivity index (χ1) is 7.83. The second-order valence-corrected chi connectivity index (χ2v) is 4.83. The van der Waals surface area contributed by atoms with E-state index in [-0.39, 0.29) is 6.04 Å². The highest BCUT2D eigenvalue weighted by Crippen LogP contribution is 2.25. The molecule has 0 aliphatic carbocycles. The minimum atomic E-state index is 0.230. The molecule has 0 aliphatic rings. The van der Waals surface area contributed by atoms with E-state index in [9.17, 15) is 0 Å². The summed E-state index contributed by atoms with van der Waals surface area (Å²) in [5, 5.41) is 4.18. The van der Waals surface area contributed by atoms with Gasteiger partial charge in [-0.05, 0) is 24.4 Å². The first-order valence-electron chi connectivity index (χ1n) is 6.10. The van der Waals surface area contributed by atoms with Gasteiger partial charge in [0.25, 0.3) is 0 Å². The van der Waals surface area contributed by atoms with Crippen molar-refractivity contribution < 1.29 is 0 Å². The Morgan fingerprint density at radius 1 is 1.31 bits per heavy atom. The Balaban J connectivity index is 2.59. The van der Waals surface area contributed by atoms with Crippen LogP contribution in [0.15, 0.2) is 0 Å². The van der Waals surface area contributed by atoms with Gasteiger partial charge in [0.15, 0.2) is 0 Å². The van der Waals surface area contributed by atoms with E-state index in [1.807, 2.05) is 0 Å². The summed E-state index contributed by atoms with van der Waals surface area (Å²) in [5.41, 5.74) is 4.01. The number of hydrazine groups is 1. The molecule has 5 heteroatoms. The summed E-state index contributed by atoms with van der Waals surface area (Å²) in [6.45, 7) is 4.37. The Kier molecular flexibility index (Phi) is 6.52. The highest BCUT2D eigenvalue weighted by atomic mass is 32.1. The fourth-order valence-electron chi connectivity index (χ4n) is 1.78. The lowest BCUT2D eigenvalue weighted by Crippen LogP contribution is -2.28. The Morgan fingerprint density at radius 3 is 2.75 bits per heavy atom. The fraction of sp³-hybridized carbons (Fsp3) is 0.818. The number of aromatic nitrogens is 2. The Hall–Kier alpha value is -0.520. The van der Waals surface area contributed by atoms with E-state index in [1.165, 1.54) is 35.7 Å². The molecule has 1 rings (SSSR count). The smallest absolute Gasteiger partial charge is 0.0804 e. The molecule has 0 fully saturated rings. The van der Waals surface area contributed by atoms with Crippen LogP contribution in [0.2, 0.25) is 0 Å². The lowest BCUT2D eigenvalue weighted by molar-refractivity contribution is 0.489. The molecule has 1 heterocycles. The largest absolute Gasteiger partial charge is 0.271 e. The van der Waals surface area contributed by atoms with Crippen molar-refractivity contribution in [2.75, 3.05) is 0 Å². The molecule has 1 unspecified atom stereocenters. The molecule has 0 aromatic carbocycles. The van der Waals surface area contributed by atoms with Gasteiger partial charge >= 0.3 is 0 Å². The van der Waals surface area contributed by atoms with Crippen LogP contribution in [0, 0.1) is 0 Å². The number of nitrogens with two attached hydrogens (primary N) is 1. The van der Waals surface area contributed by atoms with Crippen LogP contribution in [0.4, 0.5) is 0 Å². The monoisotopic (exact) mass is 242 g/mol. The van der Waals surface area contributed by atoms with Crippen LogP contribution in [0.5, 0.6) is 0 Å². The molecule has 1 aromatic rings. The number of hydrogen-bond acceptors (Lipinski definition) is 5. The average molecular weight is 242 g/mol. The highest BCUT2D eigenvalue weighted by molar-refractivity contribution is 7.05. The van der Waals surface area contributed by atoms with Gasteiger partial charge in [-0.15, -0.1) is 5.10 Å². The third kappa shape index (κ3) is 3.81. The van der Waals surface area contributed by atoms with Gasteiger partial charge in [0.2, 0.25) is 0 Å². The molecule has 0 spiro atoms. The number of hydrogen-bond donors (Lipinski definition) is 2. The molecule has 1 aromatic heterocycles. The van der Waals surface area contributed by atoms with Crippen LogP contribution in [0.25, 0.3) is 0 Å². The van der Waals surface area contributed by atoms with Crippen LogP contribution in [-0.4, -0.2) is 9.59 Å². The van der Waals surface area contributed by atoms with Crippen molar-refractivity contribution in [3.8, 4) is 0 Å². The van der Waals surface area contributed by atoms with Gasteiger partial charge in [0.1, 0.15) is 0 Å². The fourth-order valence-corrected chi connectivity index (χ4v) is 2.57. The zero-order valence-corrected chi connectivity index (χ0v) is 11.0. The third-order valence-corrected chi connectivity index (χ3v) is 3.57. The minimum Gasteiger partial charge on any atom is -0.271 e. The maximum atomic E-state index is 5.61. The van der Waals surface area contributed by atoms with Crippen LogP contribution in [0.1, 0.15) is 62.6 Å². The van der Waals surface area contributed by atoms with Gasteiger partial charge in [-0.25, -0.2) is 0 Å². The predicted molar refractivity (Wildman–Crippen MR) is 68.1 cm³/mol. The number of aryl methyl sites for hydroxylation is 1. The summed E-state index contributed by atoms with van der Waals surface area (Å²) in [6.07, 6.45) is 6.87. The van der Waals surface area contributed by atoms with E-state index in [0.29, 0.717) is 0 Å². The summed E-state index contributed by atoms with van der Waals surface area (Å²) in [5.74, 6) is 5.61. The number of unbranched alkanes of at least 4 members (excludes halogenated alkanes) is 2. The molecular weight excluding hydrogens is 220 g/mol. The highest BCUT2D eigenvalue weighted by Gasteiger charge is 2.17. The predicted octanol–water partition coefficient (Wildman–Crippen LogP) is 2.58. The molecule has 0 aliphatic heterocycles. The van der Waals surface area contributed by atoms with Crippen LogP contribution < -0.4 is 11.3 Å². The standard InChI is InChI=1S/C11H22N4S/c1-3-5-6-8-9(13-12)11-10(7-4-2)14-15-16-11/h9,13H,3-8,12H2,1-2H3. The van der Waals surface area contributed by atoms with Crippen molar-refractivity contribution in [2.45, 2.75) is 58.4 Å². The van der Waals surface area contributed by atoms with Crippen molar-refractivity contribution in [3.05, 3.63) is 10.6 Å². The maximum absolute atomic E-state index is 5.61. The molecule has 0 saturated heterocycles. The van der Waals surface area contributed by atoms with Crippen molar-refractivity contribution in [2.24, 2.45) is 5.84 Å². The van der Waals surface area contributed by atoms with E-state index in [2.05, 4.69) is 28.9 Å². The molecule has 0 amide bonds. The minimum absolute atomic E-state index is 0.230. The first-order valence-corrected chi connectivity index (χ1v) is 6.88. The van der Waals surface area contributed by atoms with Crippen molar-refractivity contribution in [1.29, 1.82) is 0 Å². The lowest BCUT2D eigenvalue weighted by atomic mass is 10.1. The molecule has 16 heavy (non-hydrogen) atoms. The number of nitrogens with one attached hydrogen (secondary N) is 1. The van der Waals surface area contributed by atoms with Crippen LogP contribution >= 0.6 is 11.5 Å². The summed E-state index contributed by atoms with van der Waals surface area (Å²) in [7, 11) is 0. The topological polar surface area (TPSA) is 63.8 Å². The normalized spacial score (nSPS) is 12.9. The molecule has 0 bridgehead atoms. The molecule has 4 nitrogen and oxygen atoms in total. The van der Waals surface area contributed by atoms with E-state index in [4.69, 9.17) is 5.84 Å². The van der Waals surface area contributed by atoms with Gasteiger partial charge in [-0.2, -0.15) is 0 Å². The molecule has 0 radical (unpaired) electrons. The maximum Gasteiger partial charge on any atom is 0.0804 e. The van der Waals surface area contributed by atoms with E-state index in [0.717, 1.165) is 25.0 Å². The Bertz CT molecular complexity index is 287. The van der Waals surface area contributed by atoms with Crippen LogP contribution in [-0.2, 0) is 6.42 Å². The molecule has 92 valence electrons. The Morgan fingerprint density at radius 2 is 2.12 bits per heavy atom. The SMILES string of the molecule is CCCCCC(NN)c1snnc1CCC. The van der Waals surface area contributed by atoms with Gasteiger partial charge in [0, 0.05) is 0 Å². The van der Waals surface area contributed by atoms with Crippen LogP contribution in [0.3, 0.4) is 0 Å². The van der Waals surface area contributed by atoms with Crippen molar-refractivity contribution >= 4 is 11.5 Å². The summed E-state index contributed by atoms with van der Waals surface area (Å²) < 4.78 is 4.03. The lowest BCUT2D eigenvalue weighted by Gasteiger charge is -2.14. The van der Waals surface area contributed by atoms with E-state index < -0.39 is 0 Å². The van der Waals surface area contributed by atoms with Gasteiger partial charge in [-0.3, -0.25) is 11.3 Å². The Labute approximate surface area is 102 Å². The van der Waals surface area contributed by atoms with E-state index >= 15 is 0 Å². The molecule has 3 N–H and O–H groups in total. The third-order valence-electron chi connectivity index (χ3n) is 2.69. The van der Waals surface area contributed by atoms with Gasteiger partial charge < -0.3 is 0 Å². The first kappa shape index (κ1) is 13.5. The quantitative estimate of drug-likeness (QED) is 0.418. The van der Waals surface area contributed by atoms with Gasteiger partial charge in [0.05, 0.1) is 16.6 Å². The zero-order valence-electron chi connectivity index (χ0n) is 10.2. The summed E-state index contributed by atoms with van der Waals surface area (Å²) in [4.78, 5) is 1.22. The zero-order chi connectivity index (χ0) is 11.8.